The van der Waals surface area contributed by atoms with E-state index in [0.717, 1.165) is 30.7 Å². The zero-order valence-electron chi connectivity index (χ0n) is 17.2. The zero-order chi connectivity index (χ0) is 19.9. The highest BCUT2D eigenvalue weighted by molar-refractivity contribution is 5.17. The Morgan fingerprint density at radius 1 is 1.07 bits per heavy atom. The maximum Gasteiger partial charge on any atom is 0.135 e. The predicted octanol–water partition coefficient (Wildman–Crippen LogP) is 5.86. The van der Waals surface area contributed by atoms with E-state index in [-0.39, 0.29) is 5.82 Å². The molecule has 1 heterocycles. The van der Waals surface area contributed by atoms with Crippen LogP contribution in [0, 0.1) is 11.7 Å². The van der Waals surface area contributed by atoms with Crippen LogP contribution in [0.4, 0.5) is 4.39 Å². The molecule has 0 spiro atoms. The van der Waals surface area contributed by atoms with E-state index in [9.17, 15) is 9.50 Å². The number of hydrogen-bond donors (Lipinski definition) is 1. The van der Waals surface area contributed by atoms with Crippen molar-refractivity contribution < 1.29 is 13.9 Å². The molecule has 0 saturated carbocycles. The van der Waals surface area contributed by atoms with Gasteiger partial charge >= 0.3 is 0 Å². The quantitative estimate of drug-likeness (QED) is 0.534. The number of rotatable bonds is 11. The zero-order valence-corrected chi connectivity index (χ0v) is 17.2. The Morgan fingerprint density at radius 3 is 2.37 bits per heavy atom. The number of furan rings is 1. The van der Waals surface area contributed by atoms with Crippen LogP contribution in [0.15, 0.2) is 40.8 Å². The van der Waals surface area contributed by atoms with E-state index in [0.29, 0.717) is 37.6 Å². The van der Waals surface area contributed by atoms with Crippen molar-refractivity contribution in [1.82, 2.24) is 4.90 Å². The standard InChI is InChI=1S/C23H34FNO2/c1-5-12-23(26,13-6-2)22-11-10-21(27-22)17-25(15-18(3)4)16-19-8-7-9-20(24)14-19/h7-11,14,18,26H,5-6,12-13,15-17H2,1-4H3. The first-order valence-corrected chi connectivity index (χ1v) is 10.1. The molecule has 0 saturated heterocycles. The summed E-state index contributed by atoms with van der Waals surface area (Å²) in [6.07, 6.45) is 3.22. The lowest BCUT2D eigenvalue weighted by molar-refractivity contribution is -0.00527. The summed E-state index contributed by atoms with van der Waals surface area (Å²) in [5.74, 6) is 1.79. The molecule has 4 heteroatoms. The highest BCUT2D eigenvalue weighted by Gasteiger charge is 2.31. The number of aliphatic hydroxyl groups is 1. The largest absolute Gasteiger partial charge is 0.462 e. The molecule has 2 rings (SSSR count). The Hall–Kier alpha value is -1.65. The number of hydrogen-bond acceptors (Lipinski definition) is 3. The fraction of sp³-hybridized carbons (Fsp3) is 0.565. The maximum atomic E-state index is 13.5. The Bertz CT molecular complexity index is 689. The van der Waals surface area contributed by atoms with Gasteiger partial charge in [0, 0.05) is 13.1 Å². The van der Waals surface area contributed by atoms with Gasteiger partial charge < -0.3 is 9.52 Å². The summed E-state index contributed by atoms with van der Waals surface area (Å²) in [5.41, 5.74) is 0.0728. The smallest absolute Gasteiger partial charge is 0.135 e. The molecule has 3 nitrogen and oxygen atoms in total. The lowest BCUT2D eigenvalue weighted by atomic mass is 9.90. The van der Waals surface area contributed by atoms with Crippen LogP contribution in [-0.2, 0) is 18.7 Å². The summed E-state index contributed by atoms with van der Waals surface area (Å²) in [6.45, 7) is 10.7. The van der Waals surface area contributed by atoms with Crippen LogP contribution < -0.4 is 0 Å². The molecule has 1 N–H and O–H groups in total. The van der Waals surface area contributed by atoms with Gasteiger partial charge in [0.2, 0.25) is 0 Å². The molecule has 0 unspecified atom stereocenters. The summed E-state index contributed by atoms with van der Waals surface area (Å²) < 4.78 is 19.6. The van der Waals surface area contributed by atoms with Gasteiger partial charge in [0.1, 0.15) is 22.9 Å². The van der Waals surface area contributed by atoms with Crippen molar-refractivity contribution >= 4 is 0 Å². The average Bonchev–Trinajstić information content (AvgIpc) is 3.04. The second-order valence-corrected chi connectivity index (χ2v) is 7.99. The summed E-state index contributed by atoms with van der Waals surface area (Å²) in [6, 6.07) is 10.6. The van der Waals surface area contributed by atoms with Crippen molar-refractivity contribution in [2.45, 2.75) is 72.1 Å². The van der Waals surface area contributed by atoms with Gasteiger partial charge in [-0.15, -0.1) is 0 Å². The second kappa shape index (κ2) is 10.0. The van der Waals surface area contributed by atoms with Crippen LogP contribution in [0.1, 0.15) is 70.5 Å². The van der Waals surface area contributed by atoms with Crippen LogP contribution in [0.3, 0.4) is 0 Å². The van der Waals surface area contributed by atoms with Gasteiger partial charge in [-0.05, 0) is 48.6 Å². The average molecular weight is 376 g/mol. The SMILES string of the molecule is CCCC(O)(CCC)c1ccc(CN(Cc2cccc(F)c2)CC(C)C)o1. The lowest BCUT2D eigenvalue weighted by Gasteiger charge is -2.26. The highest BCUT2D eigenvalue weighted by Crippen LogP contribution is 2.33. The molecular formula is C23H34FNO2. The molecule has 1 aromatic heterocycles. The van der Waals surface area contributed by atoms with E-state index in [1.165, 1.54) is 6.07 Å². The summed E-state index contributed by atoms with van der Waals surface area (Å²) in [7, 11) is 0. The number of benzene rings is 1. The van der Waals surface area contributed by atoms with Gasteiger partial charge in [-0.2, -0.15) is 0 Å². The van der Waals surface area contributed by atoms with Crippen LogP contribution in [0.5, 0.6) is 0 Å². The van der Waals surface area contributed by atoms with E-state index < -0.39 is 5.60 Å². The molecule has 0 amide bonds. The third-order valence-corrected chi connectivity index (χ3v) is 4.75. The third-order valence-electron chi connectivity index (χ3n) is 4.75. The monoisotopic (exact) mass is 375 g/mol. The predicted molar refractivity (Wildman–Crippen MR) is 108 cm³/mol. The first-order valence-electron chi connectivity index (χ1n) is 10.1. The number of nitrogens with zero attached hydrogens (tertiary/aromatic N) is 1. The maximum absolute atomic E-state index is 13.5. The Labute approximate surface area is 163 Å². The minimum absolute atomic E-state index is 0.207. The van der Waals surface area contributed by atoms with E-state index >= 15 is 0 Å². The fourth-order valence-electron chi connectivity index (χ4n) is 3.73. The van der Waals surface area contributed by atoms with Crippen molar-refractivity contribution in [2.24, 2.45) is 5.92 Å². The van der Waals surface area contributed by atoms with Crippen molar-refractivity contribution in [1.29, 1.82) is 0 Å². The lowest BCUT2D eigenvalue weighted by Crippen LogP contribution is -2.27. The topological polar surface area (TPSA) is 36.6 Å². The number of halogens is 1. The van der Waals surface area contributed by atoms with Crippen LogP contribution in [0.2, 0.25) is 0 Å². The molecule has 2 aromatic rings. The van der Waals surface area contributed by atoms with E-state index in [1.54, 1.807) is 12.1 Å². The summed E-state index contributed by atoms with van der Waals surface area (Å²) in [5, 5.41) is 11.0. The Balaban J connectivity index is 2.14. The normalized spacial score (nSPS) is 12.3. The van der Waals surface area contributed by atoms with Crippen molar-refractivity contribution in [3.63, 3.8) is 0 Å². The minimum Gasteiger partial charge on any atom is -0.462 e. The molecule has 0 aliphatic carbocycles. The first-order chi connectivity index (χ1) is 12.9. The Kier molecular flexibility index (Phi) is 8.06. The molecule has 27 heavy (non-hydrogen) atoms. The van der Waals surface area contributed by atoms with Crippen LogP contribution in [-0.4, -0.2) is 16.6 Å². The van der Waals surface area contributed by atoms with E-state index in [1.807, 2.05) is 18.2 Å². The molecule has 1 aromatic carbocycles. The fourth-order valence-corrected chi connectivity index (χ4v) is 3.73. The highest BCUT2D eigenvalue weighted by atomic mass is 19.1. The third kappa shape index (κ3) is 6.47. The summed E-state index contributed by atoms with van der Waals surface area (Å²) in [4.78, 5) is 2.26. The van der Waals surface area contributed by atoms with Crippen LogP contribution >= 0.6 is 0 Å². The molecule has 150 valence electrons. The molecule has 0 bridgehead atoms. The minimum atomic E-state index is -0.882. The van der Waals surface area contributed by atoms with E-state index in [2.05, 4.69) is 32.6 Å². The van der Waals surface area contributed by atoms with E-state index in [4.69, 9.17) is 4.42 Å². The van der Waals surface area contributed by atoms with Crippen molar-refractivity contribution in [3.05, 3.63) is 59.3 Å². The van der Waals surface area contributed by atoms with Crippen molar-refractivity contribution in [2.75, 3.05) is 6.54 Å². The molecule has 0 atom stereocenters. The molecule has 0 radical (unpaired) electrons. The summed E-state index contributed by atoms with van der Waals surface area (Å²) >= 11 is 0. The van der Waals surface area contributed by atoms with Gasteiger partial charge in [0.25, 0.3) is 0 Å². The molecule has 0 aliphatic heterocycles. The van der Waals surface area contributed by atoms with Gasteiger partial charge in [0.15, 0.2) is 0 Å². The molecular weight excluding hydrogens is 341 g/mol. The van der Waals surface area contributed by atoms with Crippen LogP contribution in [0.25, 0.3) is 0 Å². The second-order valence-electron chi connectivity index (χ2n) is 7.99. The molecule has 0 aliphatic rings. The first kappa shape index (κ1) is 21.6. The Morgan fingerprint density at radius 2 is 1.78 bits per heavy atom. The van der Waals surface area contributed by atoms with Crippen molar-refractivity contribution in [3.8, 4) is 0 Å². The van der Waals surface area contributed by atoms with Gasteiger partial charge in [-0.25, -0.2) is 4.39 Å². The van der Waals surface area contributed by atoms with Gasteiger partial charge in [-0.3, -0.25) is 4.90 Å². The molecule has 0 fully saturated rings. The van der Waals surface area contributed by atoms with Gasteiger partial charge in [0.05, 0.1) is 6.54 Å². The van der Waals surface area contributed by atoms with Gasteiger partial charge in [-0.1, -0.05) is 52.7 Å².